The fourth-order valence-electron chi connectivity index (χ4n) is 3.80. The van der Waals surface area contributed by atoms with Gasteiger partial charge < -0.3 is 21.1 Å². The van der Waals surface area contributed by atoms with Crippen LogP contribution in [0.15, 0.2) is 18.2 Å². The summed E-state index contributed by atoms with van der Waals surface area (Å²) in [6.07, 6.45) is 7.06. The standard InChI is InChI=1S/C20H28ClN3O3/c21-17-7-6-15(24-20(26)18(22)13-8-10-27-11-9-13)12-16(17)19(25)23-14-4-2-1-3-5-14/h6-7,12-14,18H,1-5,8-11,22H2,(H,23,25)(H,24,26). The summed E-state index contributed by atoms with van der Waals surface area (Å²) in [4.78, 5) is 25.1. The Morgan fingerprint density at radius 3 is 2.52 bits per heavy atom. The molecule has 6 nitrogen and oxygen atoms in total. The average Bonchev–Trinajstić information content (AvgIpc) is 2.70. The van der Waals surface area contributed by atoms with E-state index in [0.29, 0.717) is 29.5 Å². The van der Waals surface area contributed by atoms with E-state index in [2.05, 4.69) is 10.6 Å². The highest BCUT2D eigenvalue weighted by molar-refractivity contribution is 6.34. The maximum atomic E-state index is 12.6. The smallest absolute Gasteiger partial charge is 0.253 e. The van der Waals surface area contributed by atoms with E-state index >= 15 is 0 Å². The molecule has 1 saturated carbocycles. The normalized spacial score (nSPS) is 20.1. The van der Waals surface area contributed by atoms with Crippen LogP contribution < -0.4 is 16.4 Å². The highest BCUT2D eigenvalue weighted by Gasteiger charge is 2.27. The van der Waals surface area contributed by atoms with Crippen LogP contribution in [0.2, 0.25) is 5.02 Å². The molecule has 2 fully saturated rings. The lowest BCUT2D eigenvalue weighted by atomic mass is 9.92. The van der Waals surface area contributed by atoms with E-state index in [1.165, 1.54) is 6.42 Å². The summed E-state index contributed by atoms with van der Waals surface area (Å²) in [6.45, 7) is 1.27. The predicted octanol–water partition coefficient (Wildman–Crippen LogP) is 3.09. The van der Waals surface area contributed by atoms with Gasteiger partial charge in [0.1, 0.15) is 0 Å². The monoisotopic (exact) mass is 393 g/mol. The van der Waals surface area contributed by atoms with E-state index in [4.69, 9.17) is 22.1 Å². The molecule has 1 saturated heterocycles. The van der Waals surface area contributed by atoms with Crippen LogP contribution in [0.25, 0.3) is 0 Å². The van der Waals surface area contributed by atoms with Crippen LogP contribution in [0, 0.1) is 5.92 Å². The van der Waals surface area contributed by atoms with Crippen LogP contribution in [0.5, 0.6) is 0 Å². The summed E-state index contributed by atoms with van der Waals surface area (Å²) >= 11 is 6.22. The molecule has 1 aromatic rings. The van der Waals surface area contributed by atoms with Crippen molar-refractivity contribution in [2.45, 2.75) is 57.0 Å². The minimum atomic E-state index is -0.593. The third-order valence-corrected chi connectivity index (χ3v) is 5.83. The summed E-state index contributed by atoms with van der Waals surface area (Å²) in [5.41, 5.74) is 7.02. The zero-order valence-corrected chi connectivity index (χ0v) is 16.3. The second kappa shape index (κ2) is 9.53. The van der Waals surface area contributed by atoms with Gasteiger partial charge in [0.2, 0.25) is 5.91 Å². The van der Waals surface area contributed by atoms with Crippen molar-refractivity contribution in [3.8, 4) is 0 Å². The van der Waals surface area contributed by atoms with Gasteiger partial charge in [-0.15, -0.1) is 0 Å². The van der Waals surface area contributed by atoms with E-state index in [0.717, 1.165) is 38.5 Å². The van der Waals surface area contributed by atoms with E-state index in [-0.39, 0.29) is 23.8 Å². The Hall–Kier alpha value is -1.63. The highest BCUT2D eigenvalue weighted by atomic mass is 35.5. The fourth-order valence-corrected chi connectivity index (χ4v) is 4.01. The molecule has 1 atom stereocenters. The summed E-state index contributed by atoms with van der Waals surface area (Å²) in [7, 11) is 0. The number of nitrogens with one attached hydrogen (secondary N) is 2. The van der Waals surface area contributed by atoms with Crippen LogP contribution in [0.3, 0.4) is 0 Å². The number of benzene rings is 1. The molecule has 2 aliphatic rings. The molecule has 1 aliphatic carbocycles. The molecule has 148 valence electrons. The molecule has 0 aromatic heterocycles. The fraction of sp³-hybridized carbons (Fsp3) is 0.600. The van der Waals surface area contributed by atoms with E-state index in [1.807, 2.05) is 0 Å². The van der Waals surface area contributed by atoms with Gasteiger partial charge in [0, 0.05) is 24.9 Å². The summed E-state index contributed by atoms with van der Waals surface area (Å²) in [6, 6.07) is 4.54. The average molecular weight is 394 g/mol. The molecular weight excluding hydrogens is 366 g/mol. The number of amides is 2. The first-order valence-electron chi connectivity index (χ1n) is 9.79. The molecule has 27 heavy (non-hydrogen) atoms. The van der Waals surface area contributed by atoms with Crippen LogP contribution in [-0.4, -0.2) is 37.1 Å². The quantitative estimate of drug-likeness (QED) is 0.716. The zero-order chi connectivity index (χ0) is 19.2. The predicted molar refractivity (Wildman–Crippen MR) is 106 cm³/mol. The van der Waals surface area contributed by atoms with E-state index < -0.39 is 6.04 Å². The summed E-state index contributed by atoms with van der Waals surface area (Å²) in [5.74, 6) is -0.334. The first-order valence-corrected chi connectivity index (χ1v) is 10.2. The number of ether oxygens (including phenoxy) is 1. The topological polar surface area (TPSA) is 93.5 Å². The van der Waals surface area contributed by atoms with Gasteiger partial charge in [0.05, 0.1) is 16.6 Å². The molecule has 1 unspecified atom stereocenters. The Morgan fingerprint density at radius 1 is 1.11 bits per heavy atom. The molecule has 0 spiro atoms. The number of rotatable bonds is 5. The van der Waals surface area contributed by atoms with Crippen molar-refractivity contribution < 1.29 is 14.3 Å². The van der Waals surface area contributed by atoms with Crippen LogP contribution in [-0.2, 0) is 9.53 Å². The van der Waals surface area contributed by atoms with Gasteiger partial charge in [0.25, 0.3) is 5.91 Å². The number of anilines is 1. The Balaban J connectivity index is 1.63. The highest BCUT2D eigenvalue weighted by Crippen LogP contribution is 2.24. The Bertz CT molecular complexity index is 670. The molecule has 1 aromatic carbocycles. The van der Waals surface area contributed by atoms with Crippen molar-refractivity contribution in [2.75, 3.05) is 18.5 Å². The number of hydrogen-bond donors (Lipinski definition) is 3. The molecule has 3 rings (SSSR count). The molecule has 2 amide bonds. The molecular formula is C20H28ClN3O3. The van der Waals surface area contributed by atoms with Crippen molar-refractivity contribution in [3.05, 3.63) is 28.8 Å². The molecule has 4 N–H and O–H groups in total. The SMILES string of the molecule is NC(C(=O)Nc1ccc(Cl)c(C(=O)NC2CCCCC2)c1)C1CCOCC1. The Morgan fingerprint density at radius 2 is 1.81 bits per heavy atom. The van der Waals surface area contributed by atoms with Gasteiger partial charge in [-0.3, -0.25) is 9.59 Å². The van der Waals surface area contributed by atoms with E-state index in [9.17, 15) is 9.59 Å². The molecule has 0 bridgehead atoms. The third kappa shape index (κ3) is 5.43. The summed E-state index contributed by atoms with van der Waals surface area (Å²) < 4.78 is 5.32. The maximum absolute atomic E-state index is 12.6. The number of halogens is 1. The van der Waals surface area contributed by atoms with Crippen molar-refractivity contribution in [1.29, 1.82) is 0 Å². The van der Waals surface area contributed by atoms with E-state index in [1.54, 1.807) is 18.2 Å². The lowest BCUT2D eigenvalue weighted by Gasteiger charge is -2.26. The van der Waals surface area contributed by atoms with Gasteiger partial charge in [-0.2, -0.15) is 0 Å². The molecule has 1 aliphatic heterocycles. The molecule has 0 radical (unpaired) electrons. The zero-order valence-electron chi connectivity index (χ0n) is 15.5. The number of carbonyl (C=O) groups excluding carboxylic acids is 2. The molecule has 1 heterocycles. The third-order valence-electron chi connectivity index (χ3n) is 5.50. The van der Waals surface area contributed by atoms with Crippen molar-refractivity contribution in [2.24, 2.45) is 11.7 Å². The minimum absolute atomic E-state index is 0.111. The summed E-state index contributed by atoms with van der Waals surface area (Å²) in [5, 5.41) is 6.25. The second-order valence-corrected chi connectivity index (χ2v) is 7.88. The van der Waals surface area contributed by atoms with Gasteiger partial charge in [0.15, 0.2) is 0 Å². The maximum Gasteiger partial charge on any atom is 0.253 e. The van der Waals surface area contributed by atoms with Gasteiger partial charge in [-0.25, -0.2) is 0 Å². The van der Waals surface area contributed by atoms with Crippen LogP contribution in [0.4, 0.5) is 5.69 Å². The number of nitrogens with two attached hydrogens (primary N) is 1. The van der Waals surface area contributed by atoms with Crippen molar-refractivity contribution in [3.63, 3.8) is 0 Å². The minimum Gasteiger partial charge on any atom is -0.381 e. The number of carbonyl (C=O) groups is 2. The largest absolute Gasteiger partial charge is 0.381 e. The first-order chi connectivity index (χ1) is 13.0. The van der Waals surface area contributed by atoms with Gasteiger partial charge in [-0.1, -0.05) is 30.9 Å². The molecule has 7 heteroatoms. The van der Waals surface area contributed by atoms with Gasteiger partial charge >= 0.3 is 0 Å². The lowest BCUT2D eigenvalue weighted by Crippen LogP contribution is -2.44. The lowest BCUT2D eigenvalue weighted by molar-refractivity contribution is -0.119. The first kappa shape index (κ1) is 20.1. The van der Waals surface area contributed by atoms with Crippen molar-refractivity contribution >= 4 is 29.1 Å². The van der Waals surface area contributed by atoms with Crippen LogP contribution >= 0.6 is 11.6 Å². The second-order valence-electron chi connectivity index (χ2n) is 7.47. The van der Waals surface area contributed by atoms with Crippen LogP contribution in [0.1, 0.15) is 55.3 Å². The number of hydrogen-bond acceptors (Lipinski definition) is 4. The van der Waals surface area contributed by atoms with Crippen molar-refractivity contribution in [1.82, 2.24) is 5.32 Å². The Kier molecular flexibility index (Phi) is 7.10. The Labute approximate surface area is 165 Å². The van der Waals surface area contributed by atoms with Gasteiger partial charge in [-0.05, 0) is 49.8 Å².